The molecular formula is C15H17ClN2O2. The van der Waals surface area contributed by atoms with Gasteiger partial charge >= 0.3 is 0 Å². The van der Waals surface area contributed by atoms with E-state index in [9.17, 15) is 9.59 Å². The van der Waals surface area contributed by atoms with Gasteiger partial charge in [-0.25, -0.2) is 0 Å². The molecule has 2 rings (SSSR count). The highest BCUT2D eigenvalue weighted by Gasteiger charge is 2.32. The Morgan fingerprint density at radius 2 is 2.05 bits per heavy atom. The molecular weight excluding hydrogens is 276 g/mol. The minimum atomic E-state index is -0.476. The molecule has 0 aromatic heterocycles. The fourth-order valence-corrected chi connectivity index (χ4v) is 2.23. The van der Waals surface area contributed by atoms with Gasteiger partial charge < -0.3 is 10.6 Å². The van der Waals surface area contributed by atoms with Crippen LogP contribution in [0.25, 0.3) is 6.08 Å². The van der Waals surface area contributed by atoms with Gasteiger partial charge in [0.25, 0.3) is 5.91 Å². The number of carbonyl (C=O) groups is 2. The molecule has 0 unspecified atom stereocenters. The van der Waals surface area contributed by atoms with Gasteiger partial charge in [0.05, 0.1) is 0 Å². The van der Waals surface area contributed by atoms with Gasteiger partial charge in [-0.05, 0) is 23.6 Å². The number of hydrogen-bond donors (Lipinski definition) is 2. The smallest absolute Gasteiger partial charge is 0.268 e. The molecule has 20 heavy (non-hydrogen) atoms. The predicted molar refractivity (Wildman–Crippen MR) is 79.0 cm³/mol. The molecule has 1 heterocycles. The zero-order valence-electron chi connectivity index (χ0n) is 11.4. The van der Waals surface area contributed by atoms with Crippen LogP contribution < -0.4 is 10.6 Å². The van der Waals surface area contributed by atoms with E-state index in [0.29, 0.717) is 10.6 Å². The number of piperazine rings is 1. The van der Waals surface area contributed by atoms with Gasteiger partial charge in [0.1, 0.15) is 11.7 Å². The minimum absolute atomic E-state index is 0.0980. The summed E-state index contributed by atoms with van der Waals surface area (Å²) in [7, 11) is 0. The van der Waals surface area contributed by atoms with Crippen molar-refractivity contribution in [2.45, 2.75) is 26.3 Å². The summed E-state index contributed by atoms with van der Waals surface area (Å²) in [5.41, 5.74) is 0.921. The lowest BCUT2D eigenvalue weighted by Crippen LogP contribution is -2.57. The second kappa shape index (κ2) is 6.09. The van der Waals surface area contributed by atoms with Gasteiger partial charge in [-0.15, -0.1) is 0 Å². The van der Waals surface area contributed by atoms with Crippen LogP contribution in [0.15, 0.2) is 30.0 Å². The van der Waals surface area contributed by atoms with E-state index in [4.69, 9.17) is 11.6 Å². The molecule has 106 valence electrons. The Morgan fingerprint density at radius 1 is 1.35 bits per heavy atom. The molecule has 4 nitrogen and oxygen atoms in total. The van der Waals surface area contributed by atoms with E-state index < -0.39 is 6.04 Å². The average molecular weight is 293 g/mol. The third kappa shape index (κ3) is 3.02. The third-order valence-corrected chi connectivity index (χ3v) is 3.83. The first-order valence-corrected chi connectivity index (χ1v) is 6.98. The van der Waals surface area contributed by atoms with Crippen LogP contribution in [0, 0.1) is 5.92 Å². The summed E-state index contributed by atoms with van der Waals surface area (Å²) < 4.78 is 0. The van der Waals surface area contributed by atoms with E-state index in [2.05, 4.69) is 10.6 Å². The van der Waals surface area contributed by atoms with Crippen LogP contribution in [0.5, 0.6) is 0 Å². The largest absolute Gasteiger partial charge is 0.339 e. The van der Waals surface area contributed by atoms with E-state index in [1.807, 2.05) is 26.0 Å². The standard InChI is InChI=1S/C15H17ClN2O2/c1-3-9(2)13-15(20)17-12(14(19)18-13)8-10-6-4-5-7-11(10)16/h4-9,13H,3H2,1-2H3,(H,17,20)(H,18,19)/b12-8+/t9-,13+/m0/s1. The Hall–Kier alpha value is -1.81. The van der Waals surface area contributed by atoms with E-state index >= 15 is 0 Å². The van der Waals surface area contributed by atoms with Crippen molar-refractivity contribution in [3.63, 3.8) is 0 Å². The van der Waals surface area contributed by atoms with Crippen LogP contribution in [0.3, 0.4) is 0 Å². The number of hydrogen-bond acceptors (Lipinski definition) is 2. The molecule has 0 radical (unpaired) electrons. The fourth-order valence-electron chi connectivity index (χ4n) is 2.04. The van der Waals surface area contributed by atoms with Crippen molar-refractivity contribution in [2.24, 2.45) is 5.92 Å². The first-order chi connectivity index (χ1) is 9.52. The Kier molecular flexibility index (Phi) is 4.45. The number of rotatable bonds is 3. The third-order valence-electron chi connectivity index (χ3n) is 3.49. The lowest BCUT2D eigenvalue weighted by molar-refractivity contribution is -0.132. The van der Waals surface area contributed by atoms with E-state index in [1.165, 1.54) is 0 Å². The maximum atomic E-state index is 12.0. The van der Waals surface area contributed by atoms with Crippen molar-refractivity contribution >= 4 is 29.5 Å². The van der Waals surface area contributed by atoms with Crippen LogP contribution in [0.4, 0.5) is 0 Å². The van der Waals surface area contributed by atoms with Crippen LogP contribution in [-0.2, 0) is 9.59 Å². The second-order valence-electron chi connectivity index (χ2n) is 4.91. The van der Waals surface area contributed by atoms with Crippen LogP contribution in [-0.4, -0.2) is 17.9 Å². The van der Waals surface area contributed by atoms with Gasteiger partial charge in [-0.3, -0.25) is 9.59 Å². The van der Waals surface area contributed by atoms with Crippen LogP contribution >= 0.6 is 11.6 Å². The molecule has 1 aromatic carbocycles. The van der Waals surface area contributed by atoms with Crippen molar-refractivity contribution in [2.75, 3.05) is 0 Å². The topological polar surface area (TPSA) is 58.2 Å². The van der Waals surface area contributed by atoms with Gasteiger partial charge in [-0.1, -0.05) is 50.1 Å². The number of carbonyl (C=O) groups excluding carboxylic acids is 2. The van der Waals surface area contributed by atoms with Crippen molar-refractivity contribution < 1.29 is 9.59 Å². The maximum absolute atomic E-state index is 12.0. The minimum Gasteiger partial charge on any atom is -0.339 e. The predicted octanol–water partition coefficient (Wildman–Crippen LogP) is 2.34. The Morgan fingerprint density at radius 3 is 2.70 bits per heavy atom. The highest BCUT2D eigenvalue weighted by Crippen LogP contribution is 2.19. The summed E-state index contributed by atoms with van der Waals surface area (Å²) >= 11 is 6.04. The second-order valence-corrected chi connectivity index (χ2v) is 5.31. The zero-order chi connectivity index (χ0) is 14.7. The molecule has 0 saturated carbocycles. The molecule has 2 atom stereocenters. The summed E-state index contributed by atoms with van der Waals surface area (Å²) in [5, 5.41) is 5.94. The fraction of sp³-hybridized carbons (Fsp3) is 0.333. The highest BCUT2D eigenvalue weighted by molar-refractivity contribution is 6.32. The monoisotopic (exact) mass is 292 g/mol. The Balaban J connectivity index is 2.23. The summed E-state index contributed by atoms with van der Waals surface area (Å²) in [4.78, 5) is 24.1. The van der Waals surface area contributed by atoms with E-state index in [1.54, 1.807) is 18.2 Å². The zero-order valence-corrected chi connectivity index (χ0v) is 12.2. The molecule has 1 aliphatic heterocycles. The van der Waals surface area contributed by atoms with Crippen molar-refractivity contribution in [3.8, 4) is 0 Å². The molecule has 5 heteroatoms. The molecule has 1 aliphatic rings. The number of halogens is 1. The molecule has 2 amide bonds. The quantitative estimate of drug-likeness (QED) is 0.840. The van der Waals surface area contributed by atoms with Crippen molar-refractivity contribution in [3.05, 3.63) is 40.5 Å². The number of benzene rings is 1. The van der Waals surface area contributed by atoms with Gasteiger partial charge in [0.2, 0.25) is 5.91 Å². The highest BCUT2D eigenvalue weighted by atomic mass is 35.5. The first-order valence-electron chi connectivity index (χ1n) is 6.61. The Bertz CT molecular complexity index is 569. The molecule has 2 N–H and O–H groups in total. The summed E-state index contributed by atoms with van der Waals surface area (Å²) in [6.45, 7) is 3.92. The summed E-state index contributed by atoms with van der Waals surface area (Å²) in [5.74, 6) is -0.368. The lowest BCUT2D eigenvalue weighted by atomic mass is 9.96. The van der Waals surface area contributed by atoms with Crippen LogP contribution in [0.1, 0.15) is 25.8 Å². The molecule has 1 fully saturated rings. The van der Waals surface area contributed by atoms with Crippen LogP contribution in [0.2, 0.25) is 5.02 Å². The van der Waals surface area contributed by atoms with Gasteiger partial charge in [-0.2, -0.15) is 0 Å². The SMILES string of the molecule is CC[C@H](C)[C@H]1NC(=O)/C(=C\c2ccccc2Cl)NC1=O. The van der Waals surface area contributed by atoms with Crippen molar-refractivity contribution in [1.82, 2.24) is 10.6 Å². The number of nitrogens with one attached hydrogen (secondary N) is 2. The molecule has 0 aliphatic carbocycles. The average Bonchev–Trinajstić information content (AvgIpc) is 2.44. The maximum Gasteiger partial charge on any atom is 0.268 e. The van der Waals surface area contributed by atoms with E-state index in [0.717, 1.165) is 6.42 Å². The number of amides is 2. The molecule has 0 spiro atoms. The first kappa shape index (κ1) is 14.6. The van der Waals surface area contributed by atoms with Crippen molar-refractivity contribution in [1.29, 1.82) is 0 Å². The Labute approximate surface area is 123 Å². The van der Waals surface area contributed by atoms with Gasteiger partial charge in [0, 0.05) is 5.02 Å². The molecule has 1 aromatic rings. The van der Waals surface area contributed by atoms with E-state index in [-0.39, 0.29) is 23.4 Å². The summed E-state index contributed by atoms with van der Waals surface area (Å²) in [6, 6.07) is 6.68. The molecule has 0 bridgehead atoms. The lowest BCUT2D eigenvalue weighted by Gasteiger charge is -2.28. The normalized spacial score (nSPS) is 22.4. The molecule has 1 saturated heterocycles. The van der Waals surface area contributed by atoms with Gasteiger partial charge in [0.15, 0.2) is 0 Å². The summed E-state index contributed by atoms with van der Waals surface area (Å²) in [6.07, 6.45) is 2.41.